The van der Waals surface area contributed by atoms with Crippen molar-refractivity contribution >= 4 is 42.1 Å². The number of carbonyl (C=O) groups excluding carboxylic acids is 1. The molecule has 0 spiro atoms. The highest BCUT2D eigenvalue weighted by Crippen LogP contribution is 2.25. The Morgan fingerprint density at radius 1 is 1.40 bits per heavy atom. The van der Waals surface area contributed by atoms with Gasteiger partial charge in [0, 0.05) is 17.0 Å². The van der Waals surface area contributed by atoms with E-state index in [4.69, 9.17) is 10.2 Å². The summed E-state index contributed by atoms with van der Waals surface area (Å²) in [7, 11) is 0. The van der Waals surface area contributed by atoms with Crippen molar-refractivity contribution in [3.8, 4) is 11.5 Å². The first-order valence-corrected chi connectivity index (χ1v) is 9.10. The van der Waals surface area contributed by atoms with Crippen molar-refractivity contribution in [3.05, 3.63) is 28.3 Å². The summed E-state index contributed by atoms with van der Waals surface area (Å²) in [5.74, 6) is 1.69. The molecule has 0 bridgehead atoms. The van der Waals surface area contributed by atoms with Gasteiger partial charge in [-0.15, -0.1) is 24.8 Å². The Kier molecular flexibility index (Phi) is 8.93. The van der Waals surface area contributed by atoms with E-state index in [1.165, 1.54) is 6.42 Å². The minimum Gasteiger partial charge on any atom is -0.441 e. The number of hydrogen-bond donors (Lipinski definition) is 2. The molecule has 1 aliphatic rings. The van der Waals surface area contributed by atoms with Crippen LogP contribution in [0.1, 0.15) is 37.1 Å². The maximum Gasteiger partial charge on any atom is 0.227 e. The molecule has 2 unspecified atom stereocenters. The molecule has 1 saturated carbocycles. The SMILES string of the molecule is Cc1oc(-c2ccsc2)nc1CC(=O)NC1CCCCC1CN.Cl.Cl. The van der Waals surface area contributed by atoms with E-state index in [1.54, 1.807) is 11.3 Å². The van der Waals surface area contributed by atoms with Crippen molar-refractivity contribution < 1.29 is 9.21 Å². The fraction of sp³-hybridized carbons (Fsp3) is 0.529. The van der Waals surface area contributed by atoms with Crippen LogP contribution in [0.4, 0.5) is 0 Å². The van der Waals surface area contributed by atoms with Gasteiger partial charge < -0.3 is 15.5 Å². The average molecular weight is 406 g/mol. The normalized spacial score (nSPS) is 19.6. The Hall–Kier alpha value is -1.08. The highest BCUT2D eigenvalue weighted by molar-refractivity contribution is 7.08. The summed E-state index contributed by atoms with van der Waals surface area (Å²) < 4.78 is 5.69. The Labute approximate surface area is 164 Å². The van der Waals surface area contributed by atoms with Gasteiger partial charge in [-0.2, -0.15) is 11.3 Å². The maximum absolute atomic E-state index is 12.4. The van der Waals surface area contributed by atoms with Gasteiger partial charge in [0.25, 0.3) is 0 Å². The van der Waals surface area contributed by atoms with Gasteiger partial charge in [0.1, 0.15) is 5.76 Å². The molecule has 8 heteroatoms. The number of rotatable bonds is 5. The van der Waals surface area contributed by atoms with Gasteiger partial charge in [-0.1, -0.05) is 12.8 Å². The Bertz CT molecular complexity index is 661. The van der Waals surface area contributed by atoms with Crippen molar-refractivity contribution in [1.29, 1.82) is 0 Å². The van der Waals surface area contributed by atoms with Crippen LogP contribution in [-0.4, -0.2) is 23.5 Å². The molecule has 0 aromatic carbocycles. The van der Waals surface area contributed by atoms with Gasteiger partial charge in [0.05, 0.1) is 12.1 Å². The molecule has 0 radical (unpaired) electrons. The molecule has 2 atom stereocenters. The largest absolute Gasteiger partial charge is 0.441 e. The molecule has 1 amide bonds. The zero-order valence-corrected chi connectivity index (χ0v) is 16.6. The first kappa shape index (κ1) is 22.0. The van der Waals surface area contributed by atoms with Gasteiger partial charge in [-0.05, 0) is 43.7 Å². The zero-order chi connectivity index (χ0) is 16.2. The fourth-order valence-corrected chi connectivity index (χ4v) is 3.82. The van der Waals surface area contributed by atoms with E-state index in [2.05, 4.69) is 10.3 Å². The number of thiophene rings is 1. The van der Waals surface area contributed by atoms with E-state index in [1.807, 2.05) is 23.8 Å². The maximum atomic E-state index is 12.4. The second-order valence-corrected chi connectivity index (χ2v) is 6.94. The lowest BCUT2D eigenvalue weighted by molar-refractivity contribution is -0.121. The lowest BCUT2D eigenvalue weighted by Crippen LogP contribution is -2.45. The first-order chi connectivity index (χ1) is 11.2. The molecule has 1 fully saturated rings. The average Bonchev–Trinajstić information content (AvgIpc) is 3.18. The Morgan fingerprint density at radius 3 is 2.84 bits per heavy atom. The summed E-state index contributed by atoms with van der Waals surface area (Å²) in [6, 6.07) is 2.16. The number of aromatic nitrogens is 1. The van der Waals surface area contributed by atoms with Crippen molar-refractivity contribution in [2.45, 2.75) is 45.1 Å². The standard InChI is InChI=1S/C17H23N3O2S.2ClH/c1-11-15(20-17(22-11)13-6-7-23-10-13)8-16(21)19-14-5-3-2-4-12(14)9-18;;/h6-7,10,12,14H,2-5,8-9,18H2,1H3,(H,19,21);2*1H. The second-order valence-electron chi connectivity index (χ2n) is 6.16. The molecule has 25 heavy (non-hydrogen) atoms. The zero-order valence-electron chi connectivity index (χ0n) is 14.2. The molecular weight excluding hydrogens is 381 g/mol. The van der Waals surface area contributed by atoms with Crippen LogP contribution < -0.4 is 11.1 Å². The minimum absolute atomic E-state index is 0. The lowest BCUT2D eigenvalue weighted by Gasteiger charge is -2.31. The number of nitrogens with one attached hydrogen (secondary N) is 1. The highest BCUT2D eigenvalue weighted by Gasteiger charge is 2.26. The third-order valence-corrected chi connectivity index (χ3v) is 5.23. The van der Waals surface area contributed by atoms with Crippen LogP contribution in [0.15, 0.2) is 21.2 Å². The van der Waals surface area contributed by atoms with Gasteiger partial charge in [0.2, 0.25) is 11.8 Å². The number of oxazole rings is 1. The summed E-state index contributed by atoms with van der Waals surface area (Å²) in [6.45, 7) is 2.49. The second kappa shape index (κ2) is 10.2. The van der Waals surface area contributed by atoms with Crippen LogP contribution in [0.5, 0.6) is 0 Å². The molecule has 5 nitrogen and oxygen atoms in total. The molecule has 2 aromatic heterocycles. The lowest BCUT2D eigenvalue weighted by atomic mass is 9.84. The molecule has 140 valence electrons. The molecular formula is C17H25Cl2N3O2S. The topological polar surface area (TPSA) is 81.2 Å². The summed E-state index contributed by atoms with van der Waals surface area (Å²) in [5.41, 5.74) is 7.50. The number of nitrogens with two attached hydrogens (primary N) is 1. The molecule has 0 aliphatic heterocycles. The number of aryl methyl sites for hydroxylation is 1. The minimum atomic E-state index is 0. The van der Waals surface area contributed by atoms with Crippen LogP contribution in [-0.2, 0) is 11.2 Å². The molecule has 1 aliphatic carbocycles. The van der Waals surface area contributed by atoms with Gasteiger partial charge in [-0.3, -0.25) is 4.79 Å². The summed E-state index contributed by atoms with van der Waals surface area (Å²) in [4.78, 5) is 16.8. The number of amides is 1. The van der Waals surface area contributed by atoms with Gasteiger partial charge in [-0.25, -0.2) is 4.98 Å². The van der Waals surface area contributed by atoms with Crippen molar-refractivity contribution in [2.24, 2.45) is 11.7 Å². The van der Waals surface area contributed by atoms with Crippen LogP contribution in [0.3, 0.4) is 0 Å². The van der Waals surface area contributed by atoms with Gasteiger partial charge in [0.15, 0.2) is 0 Å². The number of hydrogen-bond acceptors (Lipinski definition) is 5. The van der Waals surface area contributed by atoms with Crippen LogP contribution in [0.2, 0.25) is 0 Å². The summed E-state index contributed by atoms with van der Waals surface area (Å²) >= 11 is 1.60. The van der Waals surface area contributed by atoms with Crippen LogP contribution in [0, 0.1) is 12.8 Å². The molecule has 2 heterocycles. The summed E-state index contributed by atoms with van der Waals surface area (Å²) in [6.07, 6.45) is 4.75. The number of nitrogens with zero attached hydrogens (tertiary/aromatic N) is 1. The number of carbonyl (C=O) groups is 1. The quantitative estimate of drug-likeness (QED) is 0.793. The van der Waals surface area contributed by atoms with E-state index in [0.29, 0.717) is 29.8 Å². The smallest absolute Gasteiger partial charge is 0.227 e. The van der Waals surface area contributed by atoms with E-state index in [-0.39, 0.29) is 43.2 Å². The van der Waals surface area contributed by atoms with Gasteiger partial charge >= 0.3 is 0 Å². The first-order valence-electron chi connectivity index (χ1n) is 8.15. The highest BCUT2D eigenvalue weighted by atomic mass is 35.5. The molecule has 3 rings (SSSR count). The Morgan fingerprint density at radius 2 is 2.16 bits per heavy atom. The summed E-state index contributed by atoms with van der Waals surface area (Å²) in [5, 5.41) is 7.11. The molecule has 3 N–H and O–H groups in total. The number of halogens is 2. The van der Waals surface area contributed by atoms with Crippen molar-refractivity contribution in [1.82, 2.24) is 10.3 Å². The molecule has 0 saturated heterocycles. The van der Waals surface area contributed by atoms with E-state index < -0.39 is 0 Å². The van der Waals surface area contributed by atoms with E-state index in [9.17, 15) is 4.79 Å². The predicted molar refractivity (Wildman–Crippen MR) is 106 cm³/mol. The van der Waals surface area contributed by atoms with Crippen LogP contribution >= 0.6 is 36.2 Å². The van der Waals surface area contributed by atoms with Crippen LogP contribution in [0.25, 0.3) is 11.5 Å². The third-order valence-electron chi connectivity index (χ3n) is 4.55. The van der Waals surface area contributed by atoms with Crippen molar-refractivity contribution in [2.75, 3.05) is 6.54 Å². The van der Waals surface area contributed by atoms with Crippen molar-refractivity contribution in [3.63, 3.8) is 0 Å². The predicted octanol–water partition coefficient (Wildman–Crippen LogP) is 3.73. The third kappa shape index (κ3) is 5.45. The fourth-order valence-electron chi connectivity index (χ4n) is 3.19. The Balaban J connectivity index is 0.00000156. The van der Waals surface area contributed by atoms with E-state index in [0.717, 1.165) is 24.8 Å². The molecule has 2 aromatic rings. The van der Waals surface area contributed by atoms with E-state index >= 15 is 0 Å². The monoisotopic (exact) mass is 405 g/mol.